The summed E-state index contributed by atoms with van der Waals surface area (Å²) in [5.41, 5.74) is 1.99. The van der Waals surface area contributed by atoms with Crippen LogP contribution in [0.4, 0.5) is 0 Å². The molecule has 0 amide bonds. The molecule has 0 aliphatic carbocycles. The third kappa shape index (κ3) is 4.23. The minimum atomic E-state index is -0.269. The van der Waals surface area contributed by atoms with Crippen molar-refractivity contribution in [1.29, 1.82) is 0 Å². The molecule has 2 heterocycles. The maximum absolute atomic E-state index is 9.65. The molecule has 2 aromatic rings. The van der Waals surface area contributed by atoms with Gasteiger partial charge in [0.2, 0.25) is 5.89 Å². The van der Waals surface area contributed by atoms with E-state index in [0.29, 0.717) is 11.9 Å². The van der Waals surface area contributed by atoms with Gasteiger partial charge in [0.1, 0.15) is 6.26 Å². The summed E-state index contributed by atoms with van der Waals surface area (Å²) in [6.45, 7) is 8.65. The molecule has 1 saturated heterocycles. The number of rotatable bonds is 6. The second kappa shape index (κ2) is 7.92. The molecule has 2 atom stereocenters. The average molecular weight is 329 g/mol. The summed E-state index contributed by atoms with van der Waals surface area (Å²) in [7, 11) is 0. The fourth-order valence-corrected chi connectivity index (χ4v) is 3.39. The highest BCUT2D eigenvalue weighted by atomic mass is 16.3. The quantitative estimate of drug-likeness (QED) is 0.883. The lowest BCUT2D eigenvalue weighted by molar-refractivity contribution is 0.0333. The Balaban J connectivity index is 1.60. The zero-order chi connectivity index (χ0) is 16.9. The van der Waals surface area contributed by atoms with Crippen LogP contribution in [0.1, 0.15) is 26.0 Å². The summed E-state index contributed by atoms with van der Waals surface area (Å²) in [6, 6.07) is 10.5. The highest BCUT2D eigenvalue weighted by molar-refractivity contribution is 5.52. The van der Waals surface area contributed by atoms with Gasteiger partial charge < -0.3 is 9.52 Å². The van der Waals surface area contributed by atoms with Crippen LogP contribution in [0, 0.1) is 0 Å². The molecule has 24 heavy (non-hydrogen) atoms. The summed E-state index contributed by atoms with van der Waals surface area (Å²) in [4.78, 5) is 9.46. The Morgan fingerprint density at radius 2 is 2.08 bits per heavy atom. The van der Waals surface area contributed by atoms with Gasteiger partial charge in [-0.25, -0.2) is 4.98 Å². The van der Waals surface area contributed by atoms with Crippen molar-refractivity contribution in [3.05, 3.63) is 42.3 Å². The smallest absolute Gasteiger partial charge is 0.226 e. The van der Waals surface area contributed by atoms with E-state index in [9.17, 15) is 5.11 Å². The lowest BCUT2D eigenvalue weighted by atomic mass is 10.1. The predicted octanol–water partition coefficient (Wildman–Crippen LogP) is 2.62. The fourth-order valence-electron chi connectivity index (χ4n) is 3.39. The van der Waals surface area contributed by atoms with Crippen LogP contribution in [-0.4, -0.2) is 58.2 Å². The molecule has 1 aromatic carbocycles. The van der Waals surface area contributed by atoms with Gasteiger partial charge in [-0.05, 0) is 25.5 Å². The number of aliphatic hydroxyl groups excluding tert-OH is 1. The van der Waals surface area contributed by atoms with Gasteiger partial charge in [-0.2, -0.15) is 0 Å². The molecule has 1 aromatic heterocycles. The second-order valence-electron chi connectivity index (χ2n) is 6.65. The zero-order valence-corrected chi connectivity index (χ0v) is 14.6. The molecule has 0 radical (unpaired) electrons. The SMILES string of the molecule is CC[C@H]1CN(Cc2coc(-c3ccccc3)n2)CCN1C[C@@H](C)O. The van der Waals surface area contributed by atoms with Gasteiger partial charge in [0.15, 0.2) is 0 Å². The number of benzene rings is 1. The van der Waals surface area contributed by atoms with E-state index < -0.39 is 0 Å². The Labute approximate surface area is 143 Å². The maximum Gasteiger partial charge on any atom is 0.226 e. The first kappa shape index (κ1) is 17.1. The van der Waals surface area contributed by atoms with Gasteiger partial charge >= 0.3 is 0 Å². The van der Waals surface area contributed by atoms with E-state index in [2.05, 4.69) is 21.7 Å². The number of oxazole rings is 1. The molecule has 1 fully saturated rings. The number of aromatic nitrogens is 1. The van der Waals surface area contributed by atoms with E-state index in [1.807, 2.05) is 37.3 Å². The third-order valence-corrected chi connectivity index (χ3v) is 4.62. The highest BCUT2D eigenvalue weighted by Crippen LogP contribution is 2.20. The van der Waals surface area contributed by atoms with Crippen molar-refractivity contribution in [2.45, 2.75) is 39.0 Å². The van der Waals surface area contributed by atoms with Gasteiger partial charge in [0, 0.05) is 44.3 Å². The molecule has 3 rings (SSSR count). The zero-order valence-electron chi connectivity index (χ0n) is 14.6. The molecule has 0 spiro atoms. The highest BCUT2D eigenvalue weighted by Gasteiger charge is 2.26. The summed E-state index contributed by atoms with van der Waals surface area (Å²) in [6.07, 6.45) is 2.59. The van der Waals surface area contributed by atoms with Crippen LogP contribution >= 0.6 is 0 Å². The number of hydrogen-bond donors (Lipinski definition) is 1. The number of nitrogens with zero attached hydrogens (tertiary/aromatic N) is 3. The largest absolute Gasteiger partial charge is 0.444 e. The number of hydrogen-bond acceptors (Lipinski definition) is 5. The topological polar surface area (TPSA) is 52.7 Å². The van der Waals surface area contributed by atoms with Gasteiger partial charge in [-0.3, -0.25) is 9.80 Å². The average Bonchev–Trinajstić information content (AvgIpc) is 3.05. The van der Waals surface area contributed by atoms with Crippen molar-refractivity contribution in [3.8, 4) is 11.5 Å². The second-order valence-corrected chi connectivity index (χ2v) is 6.65. The maximum atomic E-state index is 9.65. The molecule has 0 unspecified atom stereocenters. The van der Waals surface area contributed by atoms with Gasteiger partial charge in [-0.15, -0.1) is 0 Å². The summed E-state index contributed by atoms with van der Waals surface area (Å²) in [5.74, 6) is 0.686. The van der Waals surface area contributed by atoms with E-state index in [-0.39, 0.29) is 6.10 Å². The van der Waals surface area contributed by atoms with E-state index >= 15 is 0 Å². The monoisotopic (exact) mass is 329 g/mol. The molecular formula is C19H27N3O2. The van der Waals surface area contributed by atoms with Gasteiger partial charge in [0.25, 0.3) is 0 Å². The number of aliphatic hydroxyl groups is 1. The molecule has 1 aliphatic rings. The van der Waals surface area contributed by atoms with Gasteiger partial charge in [0.05, 0.1) is 11.8 Å². The Hall–Kier alpha value is -1.69. The Morgan fingerprint density at radius 3 is 2.79 bits per heavy atom. The van der Waals surface area contributed by atoms with Crippen LogP contribution in [-0.2, 0) is 6.54 Å². The molecule has 1 aliphatic heterocycles. The first-order valence-corrected chi connectivity index (χ1v) is 8.80. The minimum Gasteiger partial charge on any atom is -0.444 e. The van der Waals surface area contributed by atoms with Crippen LogP contribution in [0.2, 0.25) is 0 Å². The Morgan fingerprint density at radius 1 is 1.29 bits per heavy atom. The molecule has 5 heteroatoms. The molecule has 5 nitrogen and oxygen atoms in total. The normalized spacial score (nSPS) is 21.0. The van der Waals surface area contributed by atoms with E-state index in [1.165, 1.54) is 0 Å². The fraction of sp³-hybridized carbons (Fsp3) is 0.526. The molecule has 130 valence electrons. The summed E-state index contributed by atoms with van der Waals surface area (Å²) in [5, 5.41) is 9.65. The third-order valence-electron chi connectivity index (χ3n) is 4.62. The van der Waals surface area contributed by atoms with Crippen LogP contribution in [0.5, 0.6) is 0 Å². The predicted molar refractivity (Wildman–Crippen MR) is 94.5 cm³/mol. The van der Waals surface area contributed by atoms with Crippen molar-refractivity contribution in [2.24, 2.45) is 0 Å². The number of piperazine rings is 1. The van der Waals surface area contributed by atoms with Crippen molar-refractivity contribution < 1.29 is 9.52 Å². The molecule has 1 N–H and O–H groups in total. The van der Waals surface area contributed by atoms with Crippen LogP contribution in [0.3, 0.4) is 0 Å². The van der Waals surface area contributed by atoms with Crippen LogP contribution < -0.4 is 0 Å². The first-order chi connectivity index (χ1) is 11.7. The van der Waals surface area contributed by atoms with Crippen molar-refractivity contribution in [2.75, 3.05) is 26.2 Å². The standard InChI is InChI=1S/C19H27N3O2/c1-3-18-13-21(9-10-22(18)11-15(2)23)12-17-14-24-19(20-17)16-7-5-4-6-8-16/h4-8,14-15,18,23H,3,9-13H2,1-2H3/t15-,18+/m1/s1. The molecule has 0 saturated carbocycles. The van der Waals surface area contributed by atoms with Crippen molar-refractivity contribution >= 4 is 0 Å². The van der Waals surface area contributed by atoms with Gasteiger partial charge in [-0.1, -0.05) is 25.1 Å². The molecular weight excluding hydrogens is 302 g/mol. The Kier molecular flexibility index (Phi) is 5.66. The molecule has 0 bridgehead atoms. The first-order valence-electron chi connectivity index (χ1n) is 8.80. The Bertz CT molecular complexity index is 627. The lowest BCUT2D eigenvalue weighted by Crippen LogP contribution is -2.54. The van der Waals surface area contributed by atoms with Crippen LogP contribution in [0.15, 0.2) is 41.0 Å². The van der Waals surface area contributed by atoms with E-state index in [0.717, 1.165) is 50.4 Å². The minimum absolute atomic E-state index is 0.269. The lowest BCUT2D eigenvalue weighted by Gasteiger charge is -2.41. The van der Waals surface area contributed by atoms with Crippen LogP contribution in [0.25, 0.3) is 11.5 Å². The van der Waals surface area contributed by atoms with Crippen molar-refractivity contribution in [3.63, 3.8) is 0 Å². The summed E-state index contributed by atoms with van der Waals surface area (Å²) < 4.78 is 5.64. The van der Waals surface area contributed by atoms with E-state index in [1.54, 1.807) is 6.26 Å². The number of β-amino-alcohol motifs (C(OH)–C–C–N with tert-alkyl or cyclic N) is 1. The summed E-state index contributed by atoms with van der Waals surface area (Å²) >= 11 is 0. The van der Waals surface area contributed by atoms with Crippen molar-refractivity contribution in [1.82, 2.24) is 14.8 Å². The van der Waals surface area contributed by atoms with E-state index in [4.69, 9.17) is 4.42 Å².